The SMILES string of the molecule is NNc1nnc(Cl)cc1C1CC1. The Morgan fingerprint density at radius 3 is 2.83 bits per heavy atom. The molecule has 1 aromatic heterocycles. The number of nitrogens with one attached hydrogen (secondary N) is 1. The van der Waals surface area contributed by atoms with Crippen LogP contribution in [0, 0.1) is 0 Å². The highest BCUT2D eigenvalue weighted by Gasteiger charge is 2.27. The van der Waals surface area contributed by atoms with E-state index in [1.165, 1.54) is 12.8 Å². The van der Waals surface area contributed by atoms with Gasteiger partial charge in [0.15, 0.2) is 11.0 Å². The first kappa shape index (κ1) is 7.76. The molecular formula is C7H9ClN4. The zero-order chi connectivity index (χ0) is 8.55. The summed E-state index contributed by atoms with van der Waals surface area (Å²) in [5, 5.41) is 7.96. The maximum absolute atomic E-state index is 5.70. The van der Waals surface area contributed by atoms with E-state index < -0.39 is 0 Å². The van der Waals surface area contributed by atoms with Gasteiger partial charge in [-0.3, -0.25) is 0 Å². The molecule has 64 valence electrons. The van der Waals surface area contributed by atoms with E-state index in [2.05, 4.69) is 15.6 Å². The lowest BCUT2D eigenvalue weighted by molar-refractivity contribution is 0.971. The highest BCUT2D eigenvalue weighted by molar-refractivity contribution is 6.29. The van der Waals surface area contributed by atoms with Gasteiger partial charge in [-0.15, -0.1) is 10.2 Å². The summed E-state index contributed by atoms with van der Waals surface area (Å²) < 4.78 is 0. The van der Waals surface area contributed by atoms with E-state index in [-0.39, 0.29) is 0 Å². The van der Waals surface area contributed by atoms with Crippen molar-refractivity contribution in [1.82, 2.24) is 10.2 Å². The molecule has 5 heteroatoms. The molecule has 0 amide bonds. The molecule has 0 aromatic carbocycles. The average Bonchev–Trinajstić information content (AvgIpc) is 2.87. The average molecular weight is 185 g/mol. The van der Waals surface area contributed by atoms with Crippen LogP contribution in [0.3, 0.4) is 0 Å². The first-order chi connectivity index (χ1) is 5.81. The minimum absolute atomic E-state index is 0.427. The zero-order valence-corrected chi connectivity index (χ0v) is 7.17. The van der Waals surface area contributed by atoms with Crippen LogP contribution >= 0.6 is 11.6 Å². The summed E-state index contributed by atoms with van der Waals surface area (Å²) in [6, 6.07) is 1.82. The van der Waals surface area contributed by atoms with Gasteiger partial charge in [-0.1, -0.05) is 11.6 Å². The second-order valence-corrected chi connectivity index (χ2v) is 3.28. The monoisotopic (exact) mass is 184 g/mol. The largest absolute Gasteiger partial charge is 0.307 e. The number of hydrogen-bond donors (Lipinski definition) is 2. The lowest BCUT2D eigenvalue weighted by Crippen LogP contribution is -2.11. The van der Waals surface area contributed by atoms with Crippen LogP contribution in [0.25, 0.3) is 0 Å². The molecular weight excluding hydrogens is 176 g/mol. The van der Waals surface area contributed by atoms with Crippen molar-refractivity contribution < 1.29 is 0 Å². The minimum atomic E-state index is 0.427. The summed E-state index contributed by atoms with van der Waals surface area (Å²) >= 11 is 5.70. The molecule has 0 bridgehead atoms. The Hall–Kier alpha value is -0.870. The number of anilines is 1. The second-order valence-electron chi connectivity index (χ2n) is 2.89. The molecule has 3 N–H and O–H groups in total. The lowest BCUT2D eigenvalue weighted by Gasteiger charge is -2.04. The lowest BCUT2D eigenvalue weighted by atomic mass is 10.2. The van der Waals surface area contributed by atoms with Crippen LogP contribution in [-0.4, -0.2) is 10.2 Å². The zero-order valence-electron chi connectivity index (χ0n) is 6.42. The Labute approximate surface area is 75.1 Å². The molecule has 2 rings (SSSR count). The van der Waals surface area contributed by atoms with E-state index in [0.29, 0.717) is 16.9 Å². The van der Waals surface area contributed by atoms with Gasteiger partial charge in [-0.05, 0) is 24.8 Å². The molecule has 12 heavy (non-hydrogen) atoms. The van der Waals surface area contributed by atoms with Crippen molar-refractivity contribution in [1.29, 1.82) is 0 Å². The molecule has 1 aromatic rings. The smallest absolute Gasteiger partial charge is 0.166 e. The van der Waals surface area contributed by atoms with Crippen molar-refractivity contribution in [3.8, 4) is 0 Å². The fourth-order valence-corrected chi connectivity index (χ4v) is 1.35. The van der Waals surface area contributed by atoms with Crippen molar-refractivity contribution in [2.24, 2.45) is 5.84 Å². The van der Waals surface area contributed by atoms with Gasteiger partial charge in [0, 0.05) is 5.56 Å². The maximum Gasteiger partial charge on any atom is 0.166 e. The standard InChI is InChI=1S/C7H9ClN4/c8-6-3-5(4-1-2-4)7(10-9)12-11-6/h3-4H,1-2,9H2,(H,10,12). The molecule has 1 saturated carbocycles. The van der Waals surface area contributed by atoms with Crippen molar-refractivity contribution in [3.63, 3.8) is 0 Å². The summed E-state index contributed by atoms with van der Waals surface area (Å²) in [6.45, 7) is 0. The molecule has 0 saturated heterocycles. The van der Waals surface area contributed by atoms with Gasteiger partial charge in [-0.25, -0.2) is 5.84 Å². The molecule has 0 unspecified atom stereocenters. The third kappa shape index (κ3) is 1.35. The molecule has 1 aliphatic rings. The molecule has 0 radical (unpaired) electrons. The van der Waals surface area contributed by atoms with Gasteiger partial charge in [0.1, 0.15) is 0 Å². The van der Waals surface area contributed by atoms with Gasteiger partial charge in [-0.2, -0.15) is 0 Å². The summed E-state index contributed by atoms with van der Waals surface area (Å²) in [5.74, 6) is 6.48. The number of hydrogen-bond acceptors (Lipinski definition) is 4. The third-order valence-corrected chi connectivity index (χ3v) is 2.13. The Balaban J connectivity index is 2.39. The van der Waals surface area contributed by atoms with E-state index in [0.717, 1.165) is 5.56 Å². The number of halogens is 1. The number of nitrogen functional groups attached to an aromatic ring is 1. The topological polar surface area (TPSA) is 63.8 Å². The van der Waals surface area contributed by atoms with Crippen molar-refractivity contribution in [3.05, 3.63) is 16.8 Å². The molecule has 0 atom stereocenters. The van der Waals surface area contributed by atoms with Crippen molar-refractivity contribution in [2.75, 3.05) is 5.43 Å². The Morgan fingerprint density at radius 1 is 1.50 bits per heavy atom. The quantitative estimate of drug-likeness (QED) is 0.537. The van der Waals surface area contributed by atoms with E-state index in [4.69, 9.17) is 17.4 Å². The second kappa shape index (κ2) is 2.88. The van der Waals surface area contributed by atoms with Crippen LogP contribution < -0.4 is 11.3 Å². The Kier molecular flexibility index (Phi) is 1.86. The first-order valence-corrected chi connectivity index (χ1v) is 4.19. The van der Waals surface area contributed by atoms with Gasteiger partial charge in [0.05, 0.1) is 0 Å². The molecule has 1 heterocycles. The maximum atomic E-state index is 5.70. The van der Waals surface area contributed by atoms with Gasteiger partial charge < -0.3 is 5.43 Å². The van der Waals surface area contributed by atoms with E-state index in [1.54, 1.807) is 0 Å². The highest BCUT2D eigenvalue weighted by Crippen LogP contribution is 2.42. The van der Waals surface area contributed by atoms with Crippen LogP contribution in [0.15, 0.2) is 6.07 Å². The van der Waals surface area contributed by atoms with Crippen molar-refractivity contribution in [2.45, 2.75) is 18.8 Å². The molecule has 1 fully saturated rings. The number of rotatable bonds is 2. The van der Waals surface area contributed by atoms with Gasteiger partial charge in [0.25, 0.3) is 0 Å². The predicted molar refractivity (Wildman–Crippen MR) is 46.8 cm³/mol. The summed E-state index contributed by atoms with van der Waals surface area (Å²) in [7, 11) is 0. The molecule has 0 spiro atoms. The Morgan fingerprint density at radius 2 is 2.25 bits per heavy atom. The Bertz CT molecular complexity index is 297. The van der Waals surface area contributed by atoms with Crippen LogP contribution in [-0.2, 0) is 0 Å². The van der Waals surface area contributed by atoms with Crippen LogP contribution in [0.1, 0.15) is 24.3 Å². The van der Waals surface area contributed by atoms with Crippen LogP contribution in [0.4, 0.5) is 5.82 Å². The normalized spacial score (nSPS) is 16.2. The van der Waals surface area contributed by atoms with Gasteiger partial charge in [0.2, 0.25) is 0 Å². The van der Waals surface area contributed by atoms with E-state index in [9.17, 15) is 0 Å². The number of aromatic nitrogens is 2. The third-order valence-electron chi connectivity index (χ3n) is 1.95. The number of hydrazine groups is 1. The number of nitrogens with two attached hydrogens (primary N) is 1. The summed E-state index contributed by atoms with van der Waals surface area (Å²) in [4.78, 5) is 0. The fourth-order valence-electron chi connectivity index (χ4n) is 1.20. The summed E-state index contributed by atoms with van der Waals surface area (Å²) in [6.07, 6.45) is 2.38. The molecule has 0 aliphatic heterocycles. The van der Waals surface area contributed by atoms with Crippen LogP contribution in [0.2, 0.25) is 5.15 Å². The van der Waals surface area contributed by atoms with Crippen LogP contribution in [0.5, 0.6) is 0 Å². The fraction of sp³-hybridized carbons (Fsp3) is 0.429. The minimum Gasteiger partial charge on any atom is -0.307 e. The summed E-state index contributed by atoms with van der Waals surface area (Å²) in [5.41, 5.74) is 3.59. The molecule has 4 nitrogen and oxygen atoms in total. The van der Waals surface area contributed by atoms with Crippen molar-refractivity contribution >= 4 is 17.4 Å². The first-order valence-electron chi connectivity index (χ1n) is 3.81. The predicted octanol–water partition coefficient (Wildman–Crippen LogP) is 1.29. The number of nitrogens with zero attached hydrogens (tertiary/aromatic N) is 2. The molecule has 1 aliphatic carbocycles. The van der Waals surface area contributed by atoms with E-state index in [1.807, 2.05) is 6.07 Å². The van der Waals surface area contributed by atoms with Gasteiger partial charge >= 0.3 is 0 Å². The highest BCUT2D eigenvalue weighted by atomic mass is 35.5. The van der Waals surface area contributed by atoms with E-state index >= 15 is 0 Å².